The van der Waals surface area contributed by atoms with Gasteiger partial charge in [-0.3, -0.25) is 4.79 Å². The number of morpholine rings is 1. The molecule has 1 saturated heterocycles. The Kier molecular flexibility index (Phi) is 6.94. The molecule has 7 nitrogen and oxygen atoms in total. The highest BCUT2D eigenvalue weighted by atomic mass is 79.9. The number of aryl methyl sites for hydroxylation is 1. The molecule has 1 fully saturated rings. The predicted octanol–water partition coefficient (Wildman–Crippen LogP) is 2.97. The minimum absolute atomic E-state index is 0.0376. The van der Waals surface area contributed by atoms with Crippen LogP contribution in [0.2, 0.25) is 0 Å². The number of benzene rings is 2. The fraction of sp³-hybridized carbons (Fsp3) is 0.350. The number of halogens is 1. The summed E-state index contributed by atoms with van der Waals surface area (Å²) in [6.45, 7) is 3.25. The van der Waals surface area contributed by atoms with Crippen molar-refractivity contribution in [2.75, 3.05) is 38.7 Å². The molecule has 1 heterocycles. The number of amides is 1. The molecular formula is C20H23BrN2O5S. The van der Waals surface area contributed by atoms with Crippen LogP contribution in [-0.4, -0.2) is 52.0 Å². The molecule has 2 aromatic rings. The first-order valence-electron chi connectivity index (χ1n) is 9.12. The third-order valence-electron chi connectivity index (χ3n) is 4.58. The van der Waals surface area contributed by atoms with E-state index in [1.807, 2.05) is 25.1 Å². The van der Waals surface area contributed by atoms with Gasteiger partial charge in [0.05, 0.1) is 32.4 Å². The monoisotopic (exact) mass is 482 g/mol. The summed E-state index contributed by atoms with van der Waals surface area (Å²) >= 11 is 3.44. The summed E-state index contributed by atoms with van der Waals surface area (Å²) in [6, 6.07) is 10.4. The summed E-state index contributed by atoms with van der Waals surface area (Å²) in [6.07, 6.45) is 0.0376. The van der Waals surface area contributed by atoms with Crippen molar-refractivity contribution in [2.45, 2.75) is 18.2 Å². The molecule has 0 radical (unpaired) electrons. The van der Waals surface area contributed by atoms with E-state index in [1.165, 1.54) is 17.5 Å². The molecule has 156 valence electrons. The Morgan fingerprint density at radius 1 is 1.21 bits per heavy atom. The number of anilines is 1. The Morgan fingerprint density at radius 3 is 2.59 bits per heavy atom. The molecule has 0 atom stereocenters. The highest BCUT2D eigenvalue weighted by molar-refractivity contribution is 9.10. The number of sulfonamides is 1. The fourth-order valence-electron chi connectivity index (χ4n) is 3.06. The molecule has 9 heteroatoms. The average Bonchev–Trinajstić information content (AvgIpc) is 2.70. The second-order valence-corrected chi connectivity index (χ2v) is 9.47. The number of rotatable bonds is 6. The summed E-state index contributed by atoms with van der Waals surface area (Å²) < 4.78 is 38.8. The van der Waals surface area contributed by atoms with Gasteiger partial charge in [-0.25, -0.2) is 8.42 Å². The SMILES string of the molecule is COc1ccc(CC(=O)Nc2ccc(C)cc2Br)cc1S(=O)(=O)N1CCOCC1. The van der Waals surface area contributed by atoms with E-state index >= 15 is 0 Å². The number of hydrogen-bond acceptors (Lipinski definition) is 5. The first-order valence-corrected chi connectivity index (χ1v) is 11.4. The molecule has 0 saturated carbocycles. The van der Waals surface area contributed by atoms with Crippen molar-refractivity contribution >= 4 is 37.5 Å². The van der Waals surface area contributed by atoms with Gasteiger partial charge in [0.15, 0.2) is 0 Å². The maximum atomic E-state index is 13.1. The zero-order chi connectivity index (χ0) is 21.0. The predicted molar refractivity (Wildman–Crippen MR) is 114 cm³/mol. The van der Waals surface area contributed by atoms with Crippen molar-refractivity contribution in [1.29, 1.82) is 0 Å². The number of hydrogen-bond donors (Lipinski definition) is 1. The lowest BCUT2D eigenvalue weighted by Gasteiger charge is -2.26. The number of ether oxygens (including phenoxy) is 2. The molecule has 0 aliphatic carbocycles. The van der Waals surface area contributed by atoms with E-state index in [0.29, 0.717) is 24.5 Å². The van der Waals surface area contributed by atoms with Crippen LogP contribution in [0, 0.1) is 6.92 Å². The van der Waals surface area contributed by atoms with Crippen molar-refractivity contribution in [2.24, 2.45) is 0 Å². The smallest absolute Gasteiger partial charge is 0.246 e. The van der Waals surface area contributed by atoms with Crippen molar-refractivity contribution in [3.05, 3.63) is 52.0 Å². The summed E-state index contributed by atoms with van der Waals surface area (Å²) in [5.41, 5.74) is 2.32. The van der Waals surface area contributed by atoms with Crippen LogP contribution in [0.3, 0.4) is 0 Å². The van der Waals surface area contributed by atoms with Crippen molar-refractivity contribution in [1.82, 2.24) is 4.31 Å². The zero-order valence-electron chi connectivity index (χ0n) is 16.3. The Morgan fingerprint density at radius 2 is 1.93 bits per heavy atom. The van der Waals surface area contributed by atoms with E-state index in [2.05, 4.69) is 21.2 Å². The van der Waals surface area contributed by atoms with Crippen LogP contribution in [0.4, 0.5) is 5.69 Å². The van der Waals surface area contributed by atoms with Crippen molar-refractivity contribution in [3.8, 4) is 5.75 Å². The van der Waals surface area contributed by atoms with Gasteiger partial charge in [0.2, 0.25) is 15.9 Å². The van der Waals surface area contributed by atoms with Crippen LogP contribution in [-0.2, 0) is 26.0 Å². The first-order chi connectivity index (χ1) is 13.8. The standard InChI is InChI=1S/C20H23BrN2O5S/c1-14-3-5-17(16(21)11-14)22-20(24)13-15-4-6-18(27-2)19(12-15)29(25,26)23-7-9-28-10-8-23/h3-6,11-12H,7-10,13H2,1-2H3,(H,22,24). The summed E-state index contributed by atoms with van der Waals surface area (Å²) in [4.78, 5) is 12.6. The second kappa shape index (κ2) is 9.25. The van der Waals surface area contributed by atoms with Gasteiger partial charge in [-0.15, -0.1) is 0 Å². The number of nitrogens with zero attached hydrogens (tertiary/aromatic N) is 1. The zero-order valence-corrected chi connectivity index (χ0v) is 18.7. The maximum Gasteiger partial charge on any atom is 0.246 e. The molecule has 2 aromatic carbocycles. The molecule has 1 aliphatic heterocycles. The third-order valence-corrected chi connectivity index (χ3v) is 7.16. The van der Waals surface area contributed by atoms with E-state index in [9.17, 15) is 13.2 Å². The van der Waals surface area contributed by atoms with E-state index in [0.717, 1.165) is 10.0 Å². The Hall–Kier alpha value is -1.94. The molecule has 1 aliphatic rings. The average molecular weight is 483 g/mol. The van der Waals surface area contributed by atoms with Crippen LogP contribution in [0.1, 0.15) is 11.1 Å². The van der Waals surface area contributed by atoms with E-state index in [-0.39, 0.29) is 36.1 Å². The minimum Gasteiger partial charge on any atom is -0.495 e. The molecule has 29 heavy (non-hydrogen) atoms. The number of carbonyl (C=O) groups is 1. The molecule has 0 aromatic heterocycles. The van der Waals surface area contributed by atoms with Crippen LogP contribution < -0.4 is 10.1 Å². The van der Waals surface area contributed by atoms with E-state index in [4.69, 9.17) is 9.47 Å². The molecule has 1 N–H and O–H groups in total. The van der Waals surface area contributed by atoms with Gasteiger partial charge in [0, 0.05) is 17.6 Å². The van der Waals surface area contributed by atoms with E-state index in [1.54, 1.807) is 12.1 Å². The van der Waals surface area contributed by atoms with Crippen LogP contribution in [0.15, 0.2) is 45.8 Å². The van der Waals surface area contributed by atoms with Gasteiger partial charge in [0.1, 0.15) is 10.6 Å². The summed E-state index contributed by atoms with van der Waals surface area (Å²) in [5.74, 6) is 0.0105. The number of carbonyl (C=O) groups excluding carboxylic acids is 1. The van der Waals surface area contributed by atoms with Gasteiger partial charge in [-0.05, 0) is 58.2 Å². The normalized spacial score (nSPS) is 15.1. The third kappa shape index (κ3) is 5.16. The Balaban J connectivity index is 1.81. The number of nitrogens with one attached hydrogen (secondary N) is 1. The highest BCUT2D eigenvalue weighted by Crippen LogP contribution is 2.29. The summed E-state index contributed by atoms with van der Waals surface area (Å²) in [7, 11) is -2.32. The first kappa shape index (κ1) is 21.8. The highest BCUT2D eigenvalue weighted by Gasteiger charge is 2.29. The lowest BCUT2D eigenvalue weighted by atomic mass is 10.1. The van der Waals surface area contributed by atoms with Crippen LogP contribution in [0.25, 0.3) is 0 Å². The Labute approximate surface area is 179 Å². The second-order valence-electron chi connectivity index (χ2n) is 6.71. The van der Waals surface area contributed by atoms with Gasteiger partial charge >= 0.3 is 0 Å². The lowest BCUT2D eigenvalue weighted by Crippen LogP contribution is -2.40. The Bertz CT molecular complexity index is 1000. The fourth-order valence-corrected chi connectivity index (χ4v) is 5.27. The van der Waals surface area contributed by atoms with Gasteiger partial charge in [0.25, 0.3) is 0 Å². The molecule has 3 rings (SSSR count). The van der Waals surface area contributed by atoms with Crippen molar-refractivity contribution in [3.63, 3.8) is 0 Å². The number of methoxy groups -OCH3 is 1. The molecule has 0 unspecified atom stereocenters. The largest absolute Gasteiger partial charge is 0.495 e. The lowest BCUT2D eigenvalue weighted by molar-refractivity contribution is -0.115. The topological polar surface area (TPSA) is 84.9 Å². The van der Waals surface area contributed by atoms with E-state index < -0.39 is 10.0 Å². The summed E-state index contributed by atoms with van der Waals surface area (Å²) in [5, 5.41) is 2.84. The van der Waals surface area contributed by atoms with Crippen LogP contribution >= 0.6 is 15.9 Å². The quantitative estimate of drug-likeness (QED) is 0.683. The maximum absolute atomic E-state index is 13.1. The minimum atomic E-state index is -3.74. The van der Waals surface area contributed by atoms with Gasteiger partial charge in [-0.1, -0.05) is 12.1 Å². The molecule has 0 bridgehead atoms. The molecule has 0 spiro atoms. The van der Waals surface area contributed by atoms with Gasteiger partial charge < -0.3 is 14.8 Å². The van der Waals surface area contributed by atoms with Gasteiger partial charge in [-0.2, -0.15) is 4.31 Å². The molecule has 1 amide bonds. The molecular weight excluding hydrogens is 460 g/mol. The van der Waals surface area contributed by atoms with Crippen LogP contribution in [0.5, 0.6) is 5.75 Å². The van der Waals surface area contributed by atoms with Crippen molar-refractivity contribution < 1.29 is 22.7 Å².